The van der Waals surface area contributed by atoms with Crippen LogP contribution in [0, 0.1) is 17.8 Å². The molecule has 2 heterocycles. The number of thiophene rings is 1. The van der Waals surface area contributed by atoms with Gasteiger partial charge in [0.15, 0.2) is 5.11 Å². The molecule has 1 aliphatic heterocycles. The normalized spacial score (nSPS) is 25.8. The lowest BCUT2D eigenvalue weighted by atomic mass is 9.78. The van der Waals surface area contributed by atoms with Crippen LogP contribution in [0.1, 0.15) is 55.6 Å². The van der Waals surface area contributed by atoms with Gasteiger partial charge in [-0.3, -0.25) is 20.4 Å². The summed E-state index contributed by atoms with van der Waals surface area (Å²) >= 11 is 6.81. The maximum atomic E-state index is 12.5. The highest BCUT2D eigenvalue weighted by Gasteiger charge is 2.29. The highest BCUT2D eigenvalue weighted by Crippen LogP contribution is 2.29. The van der Waals surface area contributed by atoms with Crippen LogP contribution in [0.3, 0.4) is 0 Å². The number of carbonyl (C=O) groups is 2. The van der Waals surface area contributed by atoms with Crippen LogP contribution in [0.4, 0.5) is 0 Å². The topological polar surface area (TPSA) is 73.5 Å². The molecule has 3 N–H and O–H groups in total. The summed E-state index contributed by atoms with van der Waals surface area (Å²) in [5.41, 5.74) is 5.61. The van der Waals surface area contributed by atoms with E-state index in [0.717, 1.165) is 11.3 Å². The molecule has 2 fully saturated rings. The first-order valence-electron chi connectivity index (χ1n) is 10.1. The zero-order chi connectivity index (χ0) is 20.1. The molecule has 1 aromatic rings. The molecule has 8 heteroatoms. The van der Waals surface area contributed by atoms with Crippen LogP contribution in [0.15, 0.2) is 17.5 Å². The van der Waals surface area contributed by atoms with E-state index in [4.69, 9.17) is 12.2 Å². The van der Waals surface area contributed by atoms with Gasteiger partial charge >= 0.3 is 0 Å². The Morgan fingerprint density at radius 1 is 1.14 bits per heavy atom. The van der Waals surface area contributed by atoms with Gasteiger partial charge in [-0.1, -0.05) is 32.8 Å². The molecule has 1 aliphatic carbocycles. The largest absolute Gasteiger partial charge is 0.358 e. The number of hydrogen-bond donors (Lipinski definition) is 3. The summed E-state index contributed by atoms with van der Waals surface area (Å²) < 4.78 is 0. The molecule has 0 bridgehead atoms. The number of hydrazine groups is 1. The average Bonchev–Trinajstić information content (AvgIpc) is 3.24. The Morgan fingerprint density at radius 2 is 1.89 bits per heavy atom. The van der Waals surface area contributed by atoms with Gasteiger partial charge < -0.3 is 10.2 Å². The minimum Gasteiger partial charge on any atom is -0.358 e. The van der Waals surface area contributed by atoms with Crippen LogP contribution < -0.4 is 16.2 Å². The molecule has 6 nitrogen and oxygen atoms in total. The minimum absolute atomic E-state index is 0.0579. The highest BCUT2D eigenvalue weighted by molar-refractivity contribution is 7.80. The first-order chi connectivity index (χ1) is 13.5. The standard InChI is InChI=1S/C20H30N4O2S2/c1-13-5-3-6-16(14(13)2)21-20(27)23-22-18(25)15-8-10-24(11-9-15)19(26)17-7-4-12-28-17/h4,7,12-16H,3,5-6,8-11H2,1-2H3,(H,22,25)(H2,21,23,27)/t13-,14-,16+/m1/s1. The van der Waals surface area contributed by atoms with Crippen molar-refractivity contribution in [1.82, 2.24) is 21.1 Å². The van der Waals surface area contributed by atoms with E-state index in [-0.39, 0.29) is 17.7 Å². The second-order valence-electron chi connectivity index (χ2n) is 8.01. The van der Waals surface area contributed by atoms with Crippen molar-refractivity contribution in [2.45, 2.75) is 52.0 Å². The summed E-state index contributed by atoms with van der Waals surface area (Å²) in [6.07, 6.45) is 4.92. The van der Waals surface area contributed by atoms with Crippen molar-refractivity contribution < 1.29 is 9.59 Å². The zero-order valence-corrected chi connectivity index (χ0v) is 18.2. The van der Waals surface area contributed by atoms with E-state index in [2.05, 4.69) is 30.0 Å². The molecule has 1 saturated carbocycles. The number of carbonyl (C=O) groups excluding carboxylic acids is 2. The number of nitrogens with one attached hydrogen (secondary N) is 3. The second kappa shape index (κ2) is 9.69. The number of nitrogens with zero attached hydrogens (tertiary/aromatic N) is 1. The monoisotopic (exact) mass is 422 g/mol. The predicted octanol–water partition coefficient (Wildman–Crippen LogP) is 2.92. The number of thiocarbonyl (C=S) groups is 1. The third-order valence-electron chi connectivity index (χ3n) is 6.21. The lowest BCUT2D eigenvalue weighted by Crippen LogP contribution is -2.54. The molecule has 2 aliphatic rings. The molecular weight excluding hydrogens is 392 g/mol. The number of hydrogen-bond acceptors (Lipinski definition) is 4. The molecule has 0 unspecified atom stereocenters. The van der Waals surface area contributed by atoms with Crippen molar-refractivity contribution in [3.05, 3.63) is 22.4 Å². The van der Waals surface area contributed by atoms with E-state index in [9.17, 15) is 9.59 Å². The van der Waals surface area contributed by atoms with Crippen molar-refractivity contribution in [3.8, 4) is 0 Å². The molecule has 2 amide bonds. The van der Waals surface area contributed by atoms with Gasteiger partial charge in [0.25, 0.3) is 5.91 Å². The molecule has 1 aromatic heterocycles. The molecule has 0 aromatic carbocycles. The molecule has 28 heavy (non-hydrogen) atoms. The molecule has 1 saturated heterocycles. The van der Waals surface area contributed by atoms with Crippen molar-refractivity contribution in [3.63, 3.8) is 0 Å². The highest BCUT2D eigenvalue weighted by atomic mass is 32.1. The van der Waals surface area contributed by atoms with Gasteiger partial charge in [0.05, 0.1) is 4.88 Å². The van der Waals surface area contributed by atoms with Crippen LogP contribution in [0.5, 0.6) is 0 Å². The van der Waals surface area contributed by atoms with Gasteiger partial charge in [0.2, 0.25) is 5.91 Å². The summed E-state index contributed by atoms with van der Waals surface area (Å²) in [5.74, 6) is 1.15. The fourth-order valence-electron chi connectivity index (χ4n) is 4.11. The summed E-state index contributed by atoms with van der Waals surface area (Å²) in [4.78, 5) is 27.4. The Kier molecular flexibility index (Phi) is 7.29. The Labute approximate surface area is 176 Å². The van der Waals surface area contributed by atoms with Gasteiger partial charge in [0.1, 0.15) is 0 Å². The molecule has 3 rings (SSSR count). The lowest BCUT2D eigenvalue weighted by molar-refractivity contribution is -0.126. The number of rotatable bonds is 3. The zero-order valence-electron chi connectivity index (χ0n) is 16.6. The van der Waals surface area contributed by atoms with Crippen molar-refractivity contribution in [2.75, 3.05) is 13.1 Å². The smallest absolute Gasteiger partial charge is 0.263 e. The van der Waals surface area contributed by atoms with E-state index < -0.39 is 0 Å². The first kappa shape index (κ1) is 21.0. The maximum absolute atomic E-state index is 12.5. The Bertz CT molecular complexity index is 686. The lowest BCUT2D eigenvalue weighted by Gasteiger charge is -2.35. The summed E-state index contributed by atoms with van der Waals surface area (Å²) in [6.45, 7) is 5.75. The average molecular weight is 423 g/mol. The van der Waals surface area contributed by atoms with Crippen molar-refractivity contribution in [2.24, 2.45) is 17.8 Å². The van der Waals surface area contributed by atoms with E-state index >= 15 is 0 Å². The van der Waals surface area contributed by atoms with Gasteiger partial charge in [0, 0.05) is 25.0 Å². The number of amides is 2. The summed E-state index contributed by atoms with van der Waals surface area (Å²) in [5, 5.41) is 5.73. The number of piperidine rings is 1. The molecule has 0 spiro atoms. The van der Waals surface area contributed by atoms with Crippen LogP contribution in [-0.4, -0.2) is 41.0 Å². The molecule has 0 radical (unpaired) electrons. The Morgan fingerprint density at radius 3 is 2.57 bits per heavy atom. The molecular formula is C20H30N4O2S2. The van der Waals surface area contributed by atoms with Gasteiger partial charge in [-0.25, -0.2) is 0 Å². The van der Waals surface area contributed by atoms with Crippen LogP contribution in [0.2, 0.25) is 0 Å². The quantitative estimate of drug-likeness (QED) is 0.516. The van der Waals surface area contributed by atoms with Crippen LogP contribution in [0.25, 0.3) is 0 Å². The number of likely N-dealkylation sites (tertiary alicyclic amines) is 1. The Balaban J connectivity index is 1.38. The van der Waals surface area contributed by atoms with Crippen LogP contribution in [-0.2, 0) is 4.79 Å². The van der Waals surface area contributed by atoms with Crippen LogP contribution >= 0.6 is 23.6 Å². The molecule has 154 valence electrons. The SMILES string of the molecule is C[C@@H]1[C@H](C)CCC[C@@H]1NC(=S)NNC(=O)C1CCN(C(=O)c2cccs2)CC1. The predicted molar refractivity (Wildman–Crippen MR) is 116 cm³/mol. The summed E-state index contributed by atoms with van der Waals surface area (Å²) in [6, 6.07) is 4.08. The second-order valence-corrected chi connectivity index (χ2v) is 9.36. The van der Waals surface area contributed by atoms with Gasteiger partial charge in [-0.15, -0.1) is 11.3 Å². The fourth-order valence-corrected chi connectivity index (χ4v) is 5.00. The van der Waals surface area contributed by atoms with E-state index in [1.165, 1.54) is 24.2 Å². The Hall–Kier alpha value is -1.67. The third kappa shape index (κ3) is 5.23. The van der Waals surface area contributed by atoms with E-state index in [1.54, 1.807) is 0 Å². The first-order valence-corrected chi connectivity index (χ1v) is 11.4. The maximum Gasteiger partial charge on any atom is 0.263 e. The van der Waals surface area contributed by atoms with E-state index in [1.807, 2.05) is 22.4 Å². The summed E-state index contributed by atoms with van der Waals surface area (Å²) in [7, 11) is 0. The fraction of sp³-hybridized carbons (Fsp3) is 0.650. The molecule has 3 atom stereocenters. The van der Waals surface area contributed by atoms with Gasteiger partial charge in [-0.2, -0.15) is 0 Å². The minimum atomic E-state index is -0.101. The van der Waals surface area contributed by atoms with E-state index in [0.29, 0.717) is 48.9 Å². The van der Waals surface area contributed by atoms with Gasteiger partial charge in [-0.05, 0) is 54.8 Å². The third-order valence-corrected chi connectivity index (χ3v) is 7.29. The van der Waals surface area contributed by atoms with Crippen molar-refractivity contribution in [1.29, 1.82) is 0 Å². The van der Waals surface area contributed by atoms with Crippen molar-refractivity contribution >= 4 is 40.5 Å².